The zero-order chi connectivity index (χ0) is 30.0. The quantitative estimate of drug-likeness (QED) is 0.324. The van der Waals surface area contributed by atoms with Gasteiger partial charge in [-0.05, 0) is 67.8 Å². The molecule has 11 heteroatoms. The lowest BCUT2D eigenvalue weighted by Gasteiger charge is -2.33. The molecule has 10 nitrogen and oxygen atoms in total. The molecule has 0 spiro atoms. The van der Waals surface area contributed by atoms with Crippen LogP contribution in [0.25, 0.3) is 22.3 Å². The molecule has 0 radical (unpaired) electrons. The number of sulfone groups is 1. The number of benzene rings is 1. The first kappa shape index (κ1) is 29.2. The predicted octanol–water partition coefficient (Wildman–Crippen LogP) is 3.63. The molecular formula is C32H36N6O4S. The zero-order valence-electron chi connectivity index (χ0n) is 24.5. The topological polar surface area (TPSA) is 118 Å². The third-order valence-electron chi connectivity index (χ3n) is 8.15. The van der Waals surface area contributed by atoms with Gasteiger partial charge in [0, 0.05) is 55.6 Å². The number of nitrogens with one attached hydrogen (secondary N) is 1. The lowest BCUT2D eigenvalue weighted by molar-refractivity contribution is 0.0354. The Bertz CT molecular complexity index is 1760. The summed E-state index contributed by atoms with van der Waals surface area (Å²) in [6.07, 6.45) is 5.20. The van der Waals surface area contributed by atoms with Crippen molar-refractivity contribution in [1.29, 1.82) is 0 Å². The summed E-state index contributed by atoms with van der Waals surface area (Å²) in [4.78, 5) is 32.3. The molecule has 43 heavy (non-hydrogen) atoms. The van der Waals surface area contributed by atoms with Gasteiger partial charge in [-0.15, -0.1) is 0 Å². The Labute approximate surface area is 252 Å². The van der Waals surface area contributed by atoms with Crippen molar-refractivity contribution in [2.75, 3.05) is 50.5 Å². The summed E-state index contributed by atoms with van der Waals surface area (Å²) in [5.41, 5.74) is 3.86. The van der Waals surface area contributed by atoms with E-state index >= 15 is 0 Å². The Kier molecular flexibility index (Phi) is 8.38. The molecule has 1 amide bonds. The molecule has 0 unspecified atom stereocenters. The number of rotatable bonds is 8. The smallest absolute Gasteiger partial charge is 0.251 e. The van der Waals surface area contributed by atoms with E-state index in [1.165, 1.54) is 6.07 Å². The van der Waals surface area contributed by atoms with Crippen LogP contribution in [0.2, 0.25) is 0 Å². The number of pyridine rings is 3. The van der Waals surface area contributed by atoms with Crippen molar-refractivity contribution in [2.45, 2.75) is 37.2 Å². The first-order valence-corrected chi connectivity index (χ1v) is 16.5. The lowest BCUT2D eigenvalue weighted by atomic mass is 10.1. The van der Waals surface area contributed by atoms with Gasteiger partial charge in [0.25, 0.3) is 5.91 Å². The van der Waals surface area contributed by atoms with E-state index in [2.05, 4.69) is 26.2 Å². The number of carbonyl (C=O) groups is 1. The molecule has 0 saturated carbocycles. The average Bonchev–Trinajstić information content (AvgIpc) is 3.47. The molecule has 0 aliphatic carbocycles. The normalized spacial score (nSPS) is 17.8. The van der Waals surface area contributed by atoms with Gasteiger partial charge in [0.2, 0.25) is 0 Å². The van der Waals surface area contributed by atoms with Crippen molar-refractivity contribution in [3.63, 3.8) is 0 Å². The van der Waals surface area contributed by atoms with Crippen molar-refractivity contribution >= 4 is 32.5 Å². The SMILES string of the molecule is Cc1ccc(C(=O)NCc2cc3nc(-c4cccc(N5CCC[C@@H]5CN5CCOCC5)n4)ccc3cn2)cc1S(C)(=O)=O. The maximum absolute atomic E-state index is 12.8. The first-order valence-electron chi connectivity index (χ1n) is 14.6. The molecule has 1 atom stereocenters. The highest BCUT2D eigenvalue weighted by molar-refractivity contribution is 7.90. The lowest BCUT2D eigenvalue weighted by Crippen LogP contribution is -2.45. The van der Waals surface area contributed by atoms with Crippen LogP contribution in [0.1, 0.15) is 34.5 Å². The number of anilines is 1. The second-order valence-corrected chi connectivity index (χ2v) is 13.3. The molecule has 2 fully saturated rings. The van der Waals surface area contributed by atoms with Crippen molar-refractivity contribution < 1.29 is 17.9 Å². The van der Waals surface area contributed by atoms with Gasteiger partial charge in [-0.25, -0.2) is 18.4 Å². The van der Waals surface area contributed by atoms with E-state index in [9.17, 15) is 13.2 Å². The van der Waals surface area contributed by atoms with Crippen LogP contribution in [0.15, 0.2) is 65.7 Å². The molecule has 1 aromatic carbocycles. The van der Waals surface area contributed by atoms with E-state index in [1.54, 1.807) is 25.3 Å². The third-order valence-corrected chi connectivity index (χ3v) is 9.39. The number of nitrogens with zero attached hydrogens (tertiary/aromatic N) is 5. The minimum atomic E-state index is -3.44. The number of aromatic nitrogens is 3. The van der Waals surface area contributed by atoms with Crippen molar-refractivity contribution in [3.05, 3.63) is 77.6 Å². The minimum Gasteiger partial charge on any atom is -0.379 e. The highest BCUT2D eigenvalue weighted by atomic mass is 32.2. The van der Waals surface area contributed by atoms with Crippen LogP contribution in [0.4, 0.5) is 5.82 Å². The summed E-state index contributed by atoms with van der Waals surface area (Å²) in [6, 6.07) is 17.0. The Morgan fingerprint density at radius 1 is 1.02 bits per heavy atom. The van der Waals surface area contributed by atoms with E-state index in [0.29, 0.717) is 17.3 Å². The third kappa shape index (κ3) is 6.69. The number of hydrogen-bond acceptors (Lipinski definition) is 9. The molecule has 5 heterocycles. The largest absolute Gasteiger partial charge is 0.379 e. The van der Waals surface area contributed by atoms with Gasteiger partial charge >= 0.3 is 0 Å². The van der Waals surface area contributed by atoms with Gasteiger partial charge in [-0.3, -0.25) is 14.7 Å². The number of amides is 1. The van der Waals surface area contributed by atoms with E-state index < -0.39 is 9.84 Å². The van der Waals surface area contributed by atoms with Crippen LogP contribution < -0.4 is 10.2 Å². The summed E-state index contributed by atoms with van der Waals surface area (Å²) in [6.45, 7) is 7.47. The molecule has 0 bridgehead atoms. The summed E-state index contributed by atoms with van der Waals surface area (Å²) in [5, 5.41) is 3.73. The summed E-state index contributed by atoms with van der Waals surface area (Å²) >= 11 is 0. The fourth-order valence-electron chi connectivity index (χ4n) is 5.85. The Morgan fingerprint density at radius 2 is 1.84 bits per heavy atom. The van der Waals surface area contributed by atoms with Crippen LogP contribution >= 0.6 is 0 Å². The second kappa shape index (κ2) is 12.4. The van der Waals surface area contributed by atoms with Crippen LogP contribution in [-0.4, -0.2) is 85.9 Å². The maximum atomic E-state index is 12.8. The predicted molar refractivity (Wildman–Crippen MR) is 166 cm³/mol. The average molecular weight is 601 g/mol. The van der Waals surface area contributed by atoms with Crippen LogP contribution in [0.5, 0.6) is 0 Å². The molecule has 224 valence electrons. The van der Waals surface area contributed by atoms with Crippen molar-refractivity contribution in [3.8, 4) is 11.4 Å². The van der Waals surface area contributed by atoms with Gasteiger partial charge in [-0.2, -0.15) is 0 Å². The van der Waals surface area contributed by atoms with Gasteiger partial charge in [-0.1, -0.05) is 12.1 Å². The van der Waals surface area contributed by atoms with E-state index in [-0.39, 0.29) is 22.9 Å². The molecule has 2 aliphatic heterocycles. The molecule has 3 aromatic heterocycles. The molecule has 2 aliphatic rings. The van der Waals surface area contributed by atoms with Gasteiger partial charge in [0.15, 0.2) is 9.84 Å². The van der Waals surface area contributed by atoms with Crippen molar-refractivity contribution in [1.82, 2.24) is 25.2 Å². The van der Waals surface area contributed by atoms with E-state index in [0.717, 1.165) is 86.6 Å². The highest BCUT2D eigenvalue weighted by Crippen LogP contribution is 2.28. The molecule has 2 saturated heterocycles. The molecule has 6 rings (SSSR count). The summed E-state index contributed by atoms with van der Waals surface area (Å²) in [7, 11) is -3.44. The first-order chi connectivity index (χ1) is 20.7. The van der Waals surface area contributed by atoms with Crippen LogP contribution in [-0.2, 0) is 21.1 Å². The Hall–Kier alpha value is -3.93. The van der Waals surface area contributed by atoms with Crippen LogP contribution in [0, 0.1) is 6.92 Å². The maximum Gasteiger partial charge on any atom is 0.251 e. The number of fused-ring (bicyclic) bond motifs is 1. The molecular weight excluding hydrogens is 564 g/mol. The van der Waals surface area contributed by atoms with Crippen LogP contribution in [0.3, 0.4) is 0 Å². The fourth-order valence-corrected chi connectivity index (χ4v) is 6.84. The summed E-state index contributed by atoms with van der Waals surface area (Å²) in [5.74, 6) is 0.604. The van der Waals surface area contributed by atoms with E-state index in [4.69, 9.17) is 14.7 Å². The van der Waals surface area contributed by atoms with Crippen molar-refractivity contribution in [2.24, 2.45) is 0 Å². The molecule has 4 aromatic rings. The number of hydrogen-bond donors (Lipinski definition) is 1. The highest BCUT2D eigenvalue weighted by Gasteiger charge is 2.28. The zero-order valence-corrected chi connectivity index (χ0v) is 25.3. The van der Waals surface area contributed by atoms with Gasteiger partial charge in [0.1, 0.15) is 5.82 Å². The Balaban J connectivity index is 1.17. The monoisotopic (exact) mass is 600 g/mol. The van der Waals surface area contributed by atoms with E-state index in [1.807, 2.05) is 30.3 Å². The van der Waals surface area contributed by atoms with Gasteiger partial charge < -0.3 is 15.0 Å². The molecule has 1 N–H and O–H groups in total. The number of aryl methyl sites for hydroxylation is 1. The number of ether oxygens (including phenoxy) is 1. The number of carbonyl (C=O) groups excluding carboxylic acids is 1. The van der Waals surface area contributed by atoms with Gasteiger partial charge in [0.05, 0.1) is 47.3 Å². The Morgan fingerprint density at radius 3 is 2.65 bits per heavy atom. The fraction of sp³-hybridized carbons (Fsp3) is 0.375. The minimum absolute atomic E-state index is 0.149. The standard InChI is InChI=1S/C32H36N6O4S/c1-22-8-9-23(17-30(22)43(2,40)41)32(39)34-20-25-18-29-24(19-33-25)10-11-28(35-29)27-6-3-7-31(36-27)38-12-4-5-26(38)21-37-13-15-42-16-14-37/h3,6-11,17-19,26H,4-5,12-16,20-21H2,1-2H3,(H,34,39)/t26-/m1/s1. The summed E-state index contributed by atoms with van der Waals surface area (Å²) < 4.78 is 29.7. The number of morpholine rings is 1. The second-order valence-electron chi connectivity index (χ2n) is 11.3.